The summed E-state index contributed by atoms with van der Waals surface area (Å²) in [6.45, 7) is 8.83. The zero-order valence-corrected chi connectivity index (χ0v) is 8.74. The van der Waals surface area contributed by atoms with Crippen molar-refractivity contribution in [3.63, 3.8) is 0 Å². The summed E-state index contributed by atoms with van der Waals surface area (Å²) in [6, 6.07) is -0.197. The van der Waals surface area contributed by atoms with Gasteiger partial charge in [-0.25, -0.2) is 9.69 Å². The molecule has 4 heteroatoms. The molecule has 0 aromatic heterocycles. The van der Waals surface area contributed by atoms with Crippen molar-refractivity contribution >= 4 is 12.0 Å². The number of carbonyl (C=O) groups is 2. The number of carbonyl (C=O) groups excluding carboxylic acids is 2. The van der Waals surface area contributed by atoms with Crippen LogP contribution in [0.5, 0.6) is 0 Å². The Morgan fingerprint density at radius 2 is 2.21 bits per heavy atom. The highest BCUT2D eigenvalue weighted by atomic mass is 16.6. The van der Waals surface area contributed by atoms with Crippen LogP contribution in [0.4, 0.5) is 4.79 Å². The number of nitrogens with zero attached hydrogens (tertiary/aromatic N) is 1. The Morgan fingerprint density at radius 3 is 2.57 bits per heavy atom. The highest BCUT2D eigenvalue weighted by Crippen LogP contribution is 2.22. The van der Waals surface area contributed by atoms with Crippen LogP contribution >= 0.6 is 0 Å². The third-order valence-corrected chi connectivity index (χ3v) is 1.85. The van der Waals surface area contributed by atoms with Crippen LogP contribution in [0, 0.1) is 0 Å². The van der Waals surface area contributed by atoms with E-state index in [4.69, 9.17) is 4.74 Å². The number of amides is 2. The van der Waals surface area contributed by atoms with E-state index in [1.165, 1.54) is 0 Å². The van der Waals surface area contributed by atoms with Gasteiger partial charge in [-0.05, 0) is 20.8 Å². The number of rotatable bonds is 1. The lowest BCUT2D eigenvalue weighted by Crippen LogP contribution is -2.55. The minimum absolute atomic E-state index is 0.197. The quantitative estimate of drug-likeness (QED) is 0.475. The normalized spacial score (nSPS) is 21.5. The topological polar surface area (TPSA) is 46.6 Å². The molecule has 78 valence electrons. The van der Waals surface area contributed by atoms with Crippen LogP contribution in [0.1, 0.15) is 27.2 Å². The molecular formula is C10H15NO3. The highest BCUT2D eigenvalue weighted by molar-refractivity contribution is 5.98. The first-order valence-corrected chi connectivity index (χ1v) is 4.53. The van der Waals surface area contributed by atoms with Crippen molar-refractivity contribution in [1.29, 1.82) is 0 Å². The van der Waals surface area contributed by atoms with Crippen molar-refractivity contribution < 1.29 is 14.3 Å². The predicted octanol–water partition coefficient (Wildman–Crippen LogP) is 1.71. The monoisotopic (exact) mass is 197 g/mol. The Labute approximate surface area is 83.5 Å². The lowest BCUT2D eigenvalue weighted by Gasteiger charge is -2.37. The van der Waals surface area contributed by atoms with Crippen LogP contribution in [0.15, 0.2) is 12.7 Å². The highest BCUT2D eigenvalue weighted by Gasteiger charge is 2.41. The van der Waals surface area contributed by atoms with E-state index < -0.39 is 11.7 Å². The third-order valence-electron chi connectivity index (χ3n) is 1.85. The van der Waals surface area contributed by atoms with E-state index >= 15 is 0 Å². The molecule has 14 heavy (non-hydrogen) atoms. The Balaban J connectivity index is 2.60. The summed E-state index contributed by atoms with van der Waals surface area (Å²) in [5, 5.41) is 0. The predicted molar refractivity (Wildman–Crippen MR) is 51.7 cm³/mol. The van der Waals surface area contributed by atoms with Crippen LogP contribution in [-0.2, 0) is 9.53 Å². The van der Waals surface area contributed by atoms with Crippen molar-refractivity contribution in [3.8, 4) is 0 Å². The largest absolute Gasteiger partial charge is 0.443 e. The average Bonchev–Trinajstić information content (AvgIpc) is 1.95. The lowest BCUT2D eigenvalue weighted by molar-refractivity contribution is -0.141. The van der Waals surface area contributed by atoms with E-state index in [0.717, 1.165) is 4.90 Å². The number of hydrogen-bond donors (Lipinski definition) is 0. The molecule has 0 radical (unpaired) electrons. The number of β-lactam (4-membered cyclic amide) rings is 1. The zero-order valence-electron chi connectivity index (χ0n) is 8.74. The van der Waals surface area contributed by atoms with Crippen LogP contribution < -0.4 is 0 Å². The van der Waals surface area contributed by atoms with Gasteiger partial charge in [-0.15, -0.1) is 6.58 Å². The van der Waals surface area contributed by atoms with E-state index in [2.05, 4.69) is 6.58 Å². The number of hydrogen-bond acceptors (Lipinski definition) is 3. The molecule has 0 aromatic rings. The fourth-order valence-electron chi connectivity index (χ4n) is 1.18. The number of imide groups is 1. The number of likely N-dealkylation sites (tertiary alicyclic amines) is 1. The van der Waals surface area contributed by atoms with Gasteiger partial charge in [0.2, 0.25) is 5.91 Å². The standard InChI is InChI=1S/C10H15NO3/c1-5-7-6-8(12)11(7)9(13)14-10(2,3)4/h5,7H,1,6H2,2-4H3/t7-/m0/s1. The summed E-state index contributed by atoms with van der Waals surface area (Å²) in [5.41, 5.74) is -0.571. The maximum atomic E-state index is 11.5. The minimum Gasteiger partial charge on any atom is -0.443 e. The second-order valence-electron chi connectivity index (χ2n) is 4.25. The van der Waals surface area contributed by atoms with Crippen LogP contribution in [-0.4, -0.2) is 28.5 Å². The first-order valence-electron chi connectivity index (χ1n) is 4.53. The second-order valence-corrected chi connectivity index (χ2v) is 4.25. The molecule has 1 fully saturated rings. The molecule has 0 bridgehead atoms. The maximum Gasteiger partial charge on any atom is 0.417 e. The molecule has 1 atom stereocenters. The summed E-state index contributed by atoms with van der Waals surface area (Å²) < 4.78 is 5.06. The Morgan fingerprint density at radius 1 is 1.64 bits per heavy atom. The van der Waals surface area contributed by atoms with Crippen molar-refractivity contribution in [2.75, 3.05) is 0 Å². The van der Waals surface area contributed by atoms with E-state index in [1.54, 1.807) is 26.8 Å². The first kappa shape index (κ1) is 10.8. The van der Waals surface area contributed by atoms with Gasteiger partial charge in [-0.1, -0.05) is 6.08 Å². The third kappa shape index (κ3) is 2.13. The van der Waals surface area contributed by atoms with E-state index in [0.29, 0.717) is 6.42 Å². The Hall–Kier alpha value is -1.32. The van der Waals surface area contributed by atoms with Gasteiger partial charge in [-0.3, -0.25) is 4.79 Å². The van der Waals surface area contributed by atoms with Gasteiger partial charge in [-0.2, -0.15) is 0 Å². The van der Waals surface area contributed by atoms with E-state index in [9.17, 15) is 9.59 Å². The zero-order chi connectivity index (χ0) is 10.9. The molecule has 0 N–H and O–H groups in total. The van der Waals surface area contributed by atoms with Crippen molar-refractivity contribution in [1.82, 2.24) is 4.90 Å². The molecule has 0 spiro atoms. The lowest BCUT2D eigenvalue weighted by atomic mass is 10.0. The summed E-state index contributed by atoms with van der Waals surface area (Å²) in [7, 11) is 0. The molecule has 1 aliphatic heterocycles. The molecule has 4 nitrogen and oxygen atoms in total. The fourth-order valence-corrected chi connectivity index (χ4v) is 1.18. The smallest absolute Gasteiger partial charge is 0.417 e. The van der Waals surface area contributed by atoms with Crippen LogP contribution in [0.25, 0.3) is 0 Å². The van der Waals surface area contributed by atoms with Crippen LogP contribution in [0.2, 0.25) is 0 Å². The van der Waals surface area contributed by atoms with Crippen molar-refractivity contribution in [3.05, 3.63) is 12.7 Å². The Bertz CT molecular complexity index is 278. The molecule has 0 unspecified atom stereocenters. The van der Waals surface area contributed by atoms with Gasteiger partial charge < -0.3 is 4.74 Å². The molecule has 0 aromatic carbocycles. The second kappa shape index (κ2) is 3.44. The molecule has 1 saturated heterocycles. The minimum atomic E-state index is -0.585. The van der Waals surface area contributed by atoms with Crippen LogP contribution in [0.3, 0.4) is 0 Å². The van der Waals surface area contributed by atoms with Gasteiger partial charge in [0.25, 0.3) is 0 Å². The number of ether oxygens (including phenoxy) is 1. The summed E-state index contributed by atoms with van der Waals surface area (Å²) >= 11 is 0. The summed E-state index contributed by atoms with van der Waals surface area (Å²) in [5.74, 6) is -0.204. The maximum absolute atomic E-state index is 11.5. The van der Waals surface area contributed by atoms with Gasteiger partial charge in [0.1, 0.15) is 5.60 Å². The van der Waals surface area contributed by atoms with E-state index in [-0.39, 0.29) is 11.9 Å². The molecule has 2 amide bonds. The van der Waals surface area contributed by atoms with Gasteiger partial charge in [0.05, 0.1) is 12.5 Å². The Kier molecular flexibility index (Phi) is 2.64. The summed E-state index contributed by atoms with van der Waals surface area (Å²) in [6.07, 6.45) is 1.34. The fraction of sp³-hybridized carbons (Fsp3) is 0.600. The van der Waals surface area contributed by atoms with Gasteiger partial charge in [0.15, 0.2) is 0 Å². The van der Waals surface area contributed by atoms with Crippen molar-refractivity contribution in [2.24, 2.45) is 0 Å². The van der Waals surface area contributed by atoms with E-state index in [1.807, 2.05) is 0 Å². The van der Waals surface area contributed by atoms with Crippen molar-refractivity contribution in [2.45, 2.75) is 38.8 Å². The molecule has 1 heterocycles. The molecule has 1 rings (SSSR count). The molecule has 1 aliphatic rings. The van der Waals surface area contributed by atoms with Gasteiger partial charge in [0, 0.05) is 0 Å². The molecule has 0 saturated carbocycles. The summed E-state index contributed by atoms with van der Waals surface area (Å²) in [4.78, 5) is 23.7. The first-order chi connectivity index (χ1) is 6.35. The SMILES string of the molecule is C=C[C@H]1CC(=O)N1C(=O)OC(C)(C)C. The van der Waals surface area contributed by atoms with Gasteiger partial charge >= 0.3 is 6.09 Å². The molecule has 0 aliphatic carbocycles. The average molecular weight is 197 g/mol. The molecular weight excluding hydrogens is 182 g/mol.